The zero-order valence-electron chi connectivity index (χ0n) is 20.4. The minimum Gasteiger partial charge on any atom is -0.380 e. The largest absolute Gasteiger partial charge is 0.380 e. The van der Waals surface area contributed by atoms with Crippen LogP contribution in [0.15, 0.2) is 48.7 Å². The second-order valence-electron chi connectivity index (χ2n) is 9.50. The van der Waals surface area contributed by atoms with Gasteiger partial charge in [0.05, 0.1) is 24.9 Å². The van der Waals surface area contributed by atoms with Crippen molar-refractivity contribution in [3.8, 4) is 0 Å². The van der Waals surface area contributed by atoms with Crippen LogP contribution in [0.3, 0.4) is 0 Å². The number of aryl methyl sites for hydroxylation is 2. The summed E-state index contributed by atoms with van der Waals surface area (Å²) in [5, 5.41) is 0. The molecular weight excluding hydrogens is 412 g/mol. The molecular formula is C27H39N4O2+. The molecule has 6 nitrogen and oxygen atoms in total. The zero-order valence-corrected chi connectivity index (χ0v) is 20.4. The van der Waals surface area contributed by atoms with Crippen molar-refractivity contribution in [2.75, 3.05) is 51.3 Å². The highest BCUT2D eigenvalue weighted by molar-refractivity contribution is 6.05. The van der Waals surface area contributed by atoms with Gasteiger partial charge in [-0.2, -0.15) is 4.90 Å². The van der Waals surface area contributed by atoms with Crippen molar-refractivity contribution in [3.05, 3.63) is 59.8 Å². The van der Waals surface area contributed by atoms with E-state index in [1.165, 1.54) is 25.7 Å². The molecule has 1 aliphatic heterocycles. The molecule has 33 heavy (non-hydrogen) atoms. The van der Waals surface area contributed by atoms with E-state index in [1.54, 1.807) is 0 Å². The summed E-state index contributed by atoms with van der Waals surface area (Å²) < 4.78 is 7.82. The summed E-state index contributed by atoms with van der Waals surface area (Å²) in [5.74, 6) is 0.979. The molecule has 0 bridgehead atoms. The molecule has 2 unspecified atom stereocenters. The lowest BCUT2D eigenvalue weighted by Crippen LogP contribution is -2.56. The van der Waals surface area contributed by atoms with Gasteiger partial charge >= 0.3 is 5.91 Å². The number of benzene rings is 1. The van der Waals surface area contributed by atoms with E-state index in [9.17, 15) is 4.79 Å². The quantitative estimate of drug-likeness (QED) is 0.607. The van der Waals surface area contributed by atoms with Crippen molar-refractivity contribution < 1.29 is 14.1 Å². The number of methoxy groups -OCH3 is 1. The first-order chi connectivity index (χ1) is 16.1. The summed E-state index contributed by atoms with van der Waals surface area (Å²) in [4.78, 5) is 20.5. The van der Waals surface area contributed by atoms with Gasteiger partial charge in [0.2, 0.25) is 0 Å². The van der Waals surface area contributed by atoms with Crippen molar-refractivity contribution in [2.45, 2.75) is 44.8 Å². The number of nitrogens with zero attached hydrogens (tertiary/aromatic N) is 4. The fourth-order valence-electron chi connectivity index (χ4n) is 5.30. The molecule has 1 aromatic heterocycles. The van der Waals surface area contributed by atoms with E-state index >= 15 is 0 Å². The van der Waals surface area contributed by atoms with Gasteiger partial charge in [0.1, 0.15) is 6.54 Å². The molecule has 2 aromatic rings. The van der Waals surface area contributed by atoms with Crippen LogP contribution in [0.5, 0.6) is 0 Å². The summed E-state index contributed by atoms with van der Waals surface area (Å²) in [5.41, 5.74) is 1.90. The van der Waals surface area contributed by atoms with Gasteiger partial charge in [0, 0.05) is 51.9 Å². The maximum atomic E-state index is 13.5. The molecule has 6 heteroatoms. The Kier molecular flexibility index (Phi) is 8.12. The molecule has 0 spiro atoms. The van der Waals surface area contributed by atoms with Crippen LogP contribution in [-0.2, 0) is 11.8 Å². The van der Waals surface area contributed by atoms with Crippen LogP contribution in [0.25, 0.3) is 0 Å². The van der Waals surface area contributed by atoms with Crippen LogP contribution in [0.1, 0.15) is 41.6 Å². The van der Waals surface area contributed by atoms with Gasteiger partial charge in [-0.05, 0) is 38.0 Å². The Bertz CT molecular complexity index is 909. The van der Waals surface area contributed by atoms with E-state index in [2.05, 4.69) is 9.80 Å². The molecule has 0 N–H and O–H groups in total. The van der Waals surface area contributed by atoms with Crippen molar-refractivity contribution >= 4 is 11.7 Å². The first-order valence-electron chi connectivity index (χ1n) is 12.4. The minimum absolute atomic E-state index is 0.0561. The van der Waals surface area contributed by atoms with Crippen molar-refractivity contribution in [2.24, 2.45) is 7.05 Å². The number of anilines is 1. The van der Waals surface area contributed by atoms with Gasteiger partial charge in [-0.3, -0.25) is 9.80 Å². The van der Waals surface area contributed by atoms with E-state index in [-0.39, 0.29) is 5.91 Å². The number of aromatic nitrogens is 1. The van der Waals surface area contributed by atoms with Crippen LogP contribution < -0.4 is 9.47 Å². The number of ether oxygens (including phenoxy) is 1. The molecule has 2 atom stereocenters. The van der Waals surface area contributed by atoms with E-state index in [1.807, 2.05) is 79.2 Å². The number of rotatable bonds is 7. The number of amides is 1. The normalized spacial score (nSPS) is 22.3. The summed E-state index contributed by atoms with van der Waals surface area (Å²) in [6.45, 7) is 7.84. The predicted octanol–water partition coefficient (Wildman–Crippen LogP) is 3.04. The smallest absolute Gasteiger partial charge is 0.341 e. The standard InChI is InChI=1S/C27H39N4O2/c1-22-11-13-23(14-12-22)27(32)31(26-10-6-7-15-28(26)2)21-18-29-16-19-30(20-17-29)24-8-4-5-9-25(24)33-3/h6-7,10-15,24-25H,4-5,8-9,16-21H2,1-3H3/q+1. The number of pyridine rings is 1. The highest BCUT2D eigenvalue weighted by Gasteiger charge is 2.33. The minimum atomic E-state index is 0.0561. The Hall–Kier alpha value is -2.28. The monoisotopic (exact) mass is 451 g/mol. The van der Waals surface area contributed by atoms with Crippen molar-refractivity contribution in [3.63, 3.8) is 0 Å². The Morgan fingerprint density at radius 2 is 1.79 bits per heavy atom. The van der Waals surface area contributed by atoms with Crippen LogP contribution >= 0.6 is 0 Å². The van der Waals surface area contributed by atoms with Gasteiger partial charge < -0.3 is 4.74 Å². The van der Waals surface area contributed by atoms with E-state index < -0.39 is 0 Å². The SMILES string of the molecule is COC1CCCCC1N1CCN(CCN(C(=O)c2ccc(C)cc2)c2cccc[n+]2C)CC1. The Morgan fingerprint density at radius 3 is 2.48 bits per heavy atom. The maximum absolute atomic E-state index is 13.5. The van der Waals surface area contributed by atoms with Crippen LogP contribution in [0, 0.1) is 6.92 Å². The lowest BCUT2D eigenvalue weighted by molar-refractivity contribution is -0.658. The van der Waals surface area contributed by atoms with Crippen LogP contribution in [0.2, 0.25) is 0 Å². The molecule has 2 heterocycles. The van der Waals surface area contributed by atoms with E-state index in [0.29, 0.717) is 18.7 Å². The molecule has 1 amide bonds. The number of carbonyl (C=O) groups excluding carboxylic acids is 1. The molecule has 1 saturated heterocycles. The average molecular weight is 452 g/mol. The summed E-state index contributed by atoms with van der Waals surface area (Å²) in [6, 6.07) is 14.5. The third-order valence-corrected chi connectivity index (χ3v) is 7.33. The van der Waals surface area contributed by atoms with Gasteiger partial charge in [-0.15, -0.1) is 0 Å². The summed E-state index contributed by atoms with van der Waals surface area (Å²) in [7, 11) is 3.86. The highest BCUT2D eigenvalue weighted by Crippen LogP contribution is 2.26. The average Bonchev–Trinajstić information content (AvgIpc) is 2.86. The fraction of sp³-hybridized carbons (Fsp3) is 0.556. The van der Waals surface area contributed by atoms with E-state index in [0.717, 1.165) is 49.7 Å². The predicted molar refractivity (Wildman–Crippen MR) is 132 cm³/mol. The summed E-state index contributed by atoms with van der Waals surface area (Å²) >= 11 is 0. The van der Waals surface area contributed by atoms with Crippen LogP contribution in [0.4, 0.5) is 5.82 Å². The maximum Gasteiger partial charge on any atom is 0.341 e. The number of piperazine rings is 1. The Morgan fingerprint density at radius 1 is 1.06 bits per heavy atom. The lowest BCUT2D eigenvalue weighted by atomic mass is 9.91. The lowest BCUT2D eigenvalue weighted by Gasteiger charge is -2.43. The van der Waals surface area contributed by atoms with Crippen LogP contribution in [-0.4, -0.2) is 74.2 Å². The van der Waals surface area contributed by atoms with Gasteiger partial charge in [0.25, 0.3) is 5.82 Å². The van der Waals surface area contributed by atoms with Crippen molar-refractivity contribution in [1.29, 1.82) is 0 Å². The Labute approximate surface area is 198 Å². The molecule has 0 radical (unpaired) electrons. The Balaban J connectivity index is 1.40. The molecule has 1 saturated carbocycles. The van der Waals surface area contributed by atoms with Gasteiger partial charge in [0.15, 0.2) is 0 Å². The van der Waals surface area contributed by atoms with Gasteiger partial charge in [-0.1, -0.05) is 36.6 Å². The molecule has 4 rings (SSSR count). The molecule has 2 fully saturated rings. The second-order valence-corrected chi connectivity index (χ2v) is 9.50. The van der Waals surface area contributed by atoms with E-state index in [4.69, 9.17) is 4.74 Å². The topological polar surface area (TPSA) is 39.9 Å². The third kappa shape index (κ3) is 5.81. The first kappa shape index (κ1) is 23.9. The van der Waals surface area contributed by atoms with Crippen molar-refractivity contribution in [1.82, 2.24) is 9.80 Å². The molecule has 1 aromatic carbocycles. The molecule has 178 valence electrons. The summed E-state index contributed by atoms with van der Waals surface area (Å²) in [6.07, 6.45) is 7.42. The number of hydrogen-bond acceptors (Lipinski definition) is 4. The molecule has 1 aliphatic carbocycles. The molecule has 2 aliphatic rings. The second kappa shape index (κ2) is 11.2. The number of carbonyl (C=O) groups is 1. The number of hydrogen-bond donors (Lipinski definition) is 0. The first-order valence-corrected chi connectivity index (χ1v) is 12.4. The zero-order chi connectivity index (χ0) is 23.2. The van der Waals surface area contributed by atoms with Gasteiger partial charge in [-0.25, -0.2) is 9.36 Å². The highest BCUT2D eigenvalue weighted by atomic mass is 16.5. The fourth-order valence-corrected chi connectivity index (χ4v) is 5.30. The third-order valence-electron chi connectivity index (χ3n) is 7.33.